The van der Waals surface area contributed by atoms with Gasteiger partial charge in [0.25, 0.3) is 0 Å². The van der Waals surface area contributed by atoms with Crippen LogP contribution in [0.3, 0.4) is 0 Å². The van der Waals surface area contributed by atoms with Crippen molar-refractivity contribution < 1.29 is 8.42 Å². The van der Waals surface area contributed by atoms with Crippen LogP contribution in [0.5, 0.6) is 0 Å². The van der Waals surface area contributed by atoms with Crippen molar-refractivity contribution in [1.29, 1.82) is 0 Å². The lowest BCUT2D eigenvalue weighted by atomic mass is 10.1. The van der Waals surface area contributed by atoms with Crippen molar-refractivity contribution in [3.8, 4) is 0 Å². The van der Waals surface area contributed by atoms with Crippen molar-refractivity contribution in [2.75, 3.05) is 14.1 Å². The molecule has 0 amide bonds. The molecule has 0 aliphatic heterocycles. The van der Waals surface area contributed by atoms with E-state index in [4.69, 9.17) is 5.73 Å². The van der Waals surface area contributed by atoms with Gasteiger partial charge in [-0.3, -0.25) is 0 Å². The molecule has 0 spiro atoms. The third-order valence-corrected chi connectivity index (χ3v) is 5.37. The normalized spacial score (nSPS) is 13.4. The van der Waals surface area contributed by atoms with Crippen molar-refractivity contribution in [2.24, 2.45) is 5.73 Å². The lowest BCUT2D eigenvalue weighted by Crippen LogP contribution is -2.22. The molecule has 1 aromatic carbocycles. The molecule has 7 nitrogen and oxygen atoms in total. The van der Waals surface area contributed by atoms with Crippen molar-refractivity contribution in [2.45, 2.75) is 37.2 Å². The van der Waals surface area contributed by atoms with E-state index in [0.717, 1.165) is 24.1 Å². The molecule has 0 radical (unpaired) electrons. The van der Waals surface area contributed by atoms with Gasteiger partial charge >= 0.3 is 0 Å². The van der Waals surface area contributed by atoms with Crippen molar-refractivity contribution in [3.63, 3.8) is 0 Å². The number of sulfonamides is 1. The molecule has 2 N–H and O–H groups in total. The number of nitrogens with two attached hydrogens (primary N) is 1. The summed E-state index contributed by atoms with van der Waals surface area (Å²) in [6, 6.07) is 6.72. The zero-order chi connectivity index (χ0) is 17.0. The Labute approximate surface area is 137 Å². The second-order valence-corrected chi connectivity index (χ2v) is 7.82. The van der Waals surface area contributed by atoms with Crippen LogP contribution >= 0.6 is 0 Å². The fraction of sp³-hybridized carbons (Fsp3) is 0.467. The molecule has 126 valence electrons. The van der Waals surface area contributed by atoms with Crippen LogP contribution in [-0.4, -0.2) is 41.8 Å². The Balaban J connectivity index is 2.19. The van der Waals surface area contributed by atoms with E-state index in [-0.39, 0.29) is 10.9 Å². The molecule has 0 saturated heterocycles. The van der Waals surface area contributed by atoms with Crippen LogP contribution in [-0.2, 0) is 16.6 Å². The number of aromatic nitrogens is 3. The summed E-state index contributed by atoms with van der Waals surface area (Å²) in [4.78, 5) is 0.267. The molecule has 0 aliphatic rings. The minimum atomic E-state index is -3.44. The van der Waals surface area contributed by atoms with Gasteiger partial charge in [0.05, 0.1) is 29.4 Å². The number of rotatable bonds is 7. The van der Waals surface area contributed by atoms with E-state index in [2.05, 4.69) is 17.2 Å². The van der Waals surface area contributed by atoms with E-state index in [1.54, 1.807) is 22.9 Å². The van der Waals surface area contributed by atoms with E-state index in [9.17, 15) is 8.42 Å². The fourth-order valence-electron chi connectivity index (χ4n) is 2.22. The highest BCUT2D eigenvalue weighted by Gasteiger charge is 2.17. The molecule has 2 rings (SSSR count). The highest BCUT2D eigenvalue weighted by molar-refractivity contribution is 7.89. The molecule has 0 bridgehead atoms. The standard InChI is InChI=1S/C15H23N5O2S/c1-4-6-14(16)15-11-20(18-17-15)10-12-7-5-8-13(9-12)23(21,22)19(2)3/h5,7-9,11,14H,4,6,10,16H2,1-3H3/t14-/m1/s1. The Morgan fingerprint density at radius 3 is 2.74 bits per heavy atom. The molecule has 23 heavy (non-hydrogen) atoms. The molecular formula is C15H23N5O2S. The van der Waals surface area contributed by atoms with Gasteiger partial charge in [-0.25, -0.2) is 17.4 Å². The van der Waals surface area contributed by atoms with Gasteiger partial charge in [-0.2, -0.15) is 0 Å². The molecule has 2 aromatic rings. The molecule has 0 unspecified atom stereocenters. The van der Waals surface area contributed by atoms with Crippen LogP contribution in [0.4, 0.5) is 0 Å². The van der Waals surface area contributed by atoms with E-state index >= 15 is 0 Å². The van der Waals surface area contributed by atoms with Crippen LogP contribution in [0, 0.1) is 0 Å². The zero-order valence-electron chi connectivity index (χ0n) is 13.7. The summed E-state index contributed by atoms with van der Waals surface area (Å²) < 4.78 is 27.2. The van der Waals surface area contributed by atoms with Gasteiger partial charge in [-0.1, -0.05) is 30.7 Å². The summed E-state index contributed by atoms with van der Waals surface area (Å²) in [7, 11) is -0.410. The average Bonchev–Trinajstić information content (AvgIpc) is 2.96. The summed E-state index contributed by atoms with van der Waals surface area (Å²) in [6.45, 7) is 2.52. The van der Waals surface area contributed by atoms with Gasteiger partial charge in [-0.15, -0.1) is 5.10 Å². The monoisotopic (exact) mass is 337 g/mol. The van der Waals surface area contributed by atoms with Crippen LogP contribution in [0.15, 0.2) is 35.4 Å². The molecule has 1 heterocycles. The Kier molecular flexibility index (Phi) is 5.51. The molecule has 0 aliphatic carbocycles. The lowest BCUT2D eigenvalue weighted by molar-refractivity contribution is 0.520. The lowest BCUT2D eigenvalue weighted by Gasteiger charge is -2.12. The van der Waals surface area contributed by atoms with Crippen LogP contribution in [0.1, 0.15) is 37.1 Å². The number of benzene rings is 1. The second-order valence-electron chi connectivity index (χ2n) is 5.67. The number of hydrogen-bond acceptors (Lipinski definition) is 5. The summed E-state index contributed by atoms with van der Waals surface area (Å²) >= 11 is 0. The van der Waals surface area contributed by atoms with Gasteiger partial charge < -0.3 is 5.73 Å². The summed E-state index contributed by atoms with van der Waals surface area (Å²) in [5, 5.41) is 8.16. The van der Waals surface area contributed by atoms with Gasteiger partial charge in [0.2, 0.25) is 10.0 Å². The van der Waals surface area contributed by atoms with Crippen molar-refractivity contribution in [1.82, 2.24) is 19.3 Å². The van der Waals surface area contributed by atoms with Crippen LogP contribution in [0.2, 0.25) is 0 Å². The van der Waals surface area contributed by atoms with Crippen LogP contribution in [0.25, 0.3) is 0 Å². The zero-order valence-corrected chi connectivity index (χ0v) is 14.5. The first-order chi connectivity index (χ1) is 10.8. The molecule has 1 atom stereocenters. The first kappa shape index (κ1) is 17.6. The number of nitrogens with zero attached hydrogens (tertiary/aromatic N) is 4. The minimum Gasteiger partial charge on any atom is -0.323 e. The van der Waals surface area contributed by atoms with Crippen LogP contribution < -0.4 is 5.73 Å². The SMILES string of the molecule is CCC[C@@H](N)c1cn(Cc2cccc(S(=O)(=O)N(C)C)c2)nn1. The summed E-state index contributed by atoms with van der Waals surface area (Å²) in [6.07, 6.45) is 3.65. The molecule has 8 heteroatoms. The number of hydrogen-bond donors (Lipinski definition) is 1. The maximum Gasteiger partial charge on any atom is 0.242 e. The van der Waals surface area contributed by atoms with E-state index in [0.29, 0.717) is 6.54 Å². The molecule has 0 saturated carbocycles. The predicted octanol–water partition coefficient (Wildman–Crippen LogP) is 1.38. The highest BCUT2D eigenvalue weighted by Crippen LogP contribution is 2.16. The van der Waals surface area contributed by atoms with Crippen molar-refractivity contribution in [3.05, 3.63) is 41.7 Å². The van der Waals surface area contributed by atoms with E-state index in [1.165, 1.54) is 18.4 Å². The fourth-order valence-corrected chi connectivity index (χ4v) is 3.19. The van der Waals surface area contributed by atoms with Gasteiger partial charge in [0.1, 0.15) is 0 Å². The third-order valence-electron chi connectivity index (χ3n) is 3.56. The Morgan fingerprint density at radius 2 is 2.09 bits per heavy atom. The first-order valence-corrected chi connectivity index (χ1v) is 8.95. The maximum absolute atomic E-state index is 12.2. The topological polar surface area (TPSA) is 94.1 Å². The largest absolute Gasteiger partial charge is 0.323 e. The predicted molar refractivity (Wildman–Crippen MR) is 88.3 cm³/mol. The maximum atomic E-state index is 12.2. The third kappa shape index (κ3) is 4.15. The van der Waals surface area contributed by atoms with E-state index < -0.39 is 10.0 Å². The van der Waals surface area contributed by atoms with Gasteiger partial charge in [0.15, 0.2) is 0 Å². The second kappa shape index (κ2) is 7.20. The molecular weight excluding hydrogens is 314 g/mol. The minimum absolute atomic E-state index is 0.116. The average molecular weight is 337 g/mol. The van der Waals surface area contributed by atoms with Crippen molar-refractivity contribution >= 4 is 10.0 Å². The Morgan fingerprint density at radius 1 is 1.35 bits per heavy atom. The summed E-state index contributed by atoms with van der Waals surface area (Å²) in [5.74, 6) is 0. The Bertz CT molecular complexity index is 755. The van der Waals surface area contributed by atoms with Gasteiger partial charge in [0, 0.05) is 14.1 Å². The highest BCUT2D eigenvalue weighted by atomic mass is 32.2. The van der Waals surface area contributed by atoms with Gasteiger partial charge in [-0.05, 0) is 24.1 Å². The van der Waals surface area contributed by atoms with E-state index in [1.807, 2.05) is 12.3 Å². The Hall–Kier alpha value is -1.77. The summed E-state index contributed by atoms with van der Waals surface area (Å²) in [5.41, 5.74) is 7.62. The quantitative estimate of drug-likeness (QED) is 0.823. The molecule has 1 aromatic heterocycles. The first-order valence-electron chi connectivity index (χ1n) is 7.51. The molecule has 0 fully saturated rings. The smallest absolute Gasteiger partial charge is 0.242 e.